The molecule has 1 aromatic heterocycles. The van der Waals surface area contributed by atoms with Gasteiger partial charge in [-0.1, -0.05) is 12.1 Å². The first kappa shape index (κ1) is 24.8. The van der Waals surface area contributed by atoms with E-state index in [1.807, 2.05) is 11.6 Å². The zero-order valence-electron chi connectivity index (χ0n) is 18.4. The number of carbonyl (C=O) groups is 2. The zero-order chi connectivity index (χ0) is 21.5. The lowest BCUT2D eigenvalue weighted by Crippen LogP contribution is -2.38. The molecule has 2 aromatic rings. The van der Waals surface area contributed by atoms with Crippen molar-refractivity contribution in [1.82, 2.24) is 25.3 Å². The van der Waals surface area contributed by atoms with Gasteiger partial charge in [0, 0.05) is 38.9 Å². The second-order valence-corrected chi connectivity index (χ2v) is 7.44. The summed E-state index contributed by atoms with van der Waals surface area (Å²) in [6, 6.07) is 9.07. The number of carbonyl (C=O) groups excluding carboxylic acids is 2. The van der Waals surface area contributed by atoms with E-state index >= 15 is 0 Å². The lowest BCUT2D eigenvalue weighted by Gasteiger charge is -2.15. The Kier molecular flexibility index (Phi) is 9.47. The van der Waals surface area contributed by atoms with Crippen LogP contribution in [0.3, 0.4) is 0 Å². The summed E-state index contributed by atoms with van der Waals surface area (Å²) in [5, 5.41) is 11.0. The van der Waals surface area contributed by atoms with E-state index in [1.165, 1.54) is 10.6 Å². The van der Waals surface area contributed by atoms with Gasteiger partial charge in [-0.05, 0) is 51.3 Å². The van der Waals surface area contributed by atoms with Crippen molar-refractivity contribution in [1.29, 1.82) is 0 Å². The minimum atomic E-state index is -0.191. The quantitative estimate of drug-likeness (QED) is 0.169. The normalized spacial score (nSPS) is 13.3. The Bertz CT molecular complexity index is 905. The Labute approximate surface area is 200 Å². The summed E-state index contributed by atoms with van der Waals surface area (Å²) in [6.07, 6.45) is 2.52. The number of hydrogen-bond donors (Lipinski definition) is 2. The average molecular weight is 538 g/mol. The fourth-order valence-electron chi connectivity index (χ4n) is 3.60. The maximum Gasteiger partial charge on any atom is 0.261 e. The second-order valence-electron chi connectivity index (χ2n) is 7.44. The molecule has 0 spiro atoms. The van der Waals surface area contributed by atoms with Crippen LogP contribution in [0.25, 0.3) is 0 Å². The number of guanidine groups is 1. The number of imide groups is 1. The molecule has 0 radical (unpaired) electrons. The molecule has 3 rings (SSSR count). The molecule has 0 atom stereocenters. The van der Waals surface area contributed by atoms with Crippen LogP contribution in [0.2, 0.25) is 0 Å². The van der Waals surface area contributed by atoms with Gasteiger partial charge in [-0.25, -0.2) is 0 Å². The molecule has 168 valence electrons. The summed E-state index contributed by atoms with van der Waals surface area (Å²) in [6.45, 7) is 6.89. The topological polar surface area (TPSA) is 91.6 Å². The molecule has 0 unspecified atom stereocenters. The minimum Gasteiger partial charge on any atom is -0.356 e. The van der Waals surface area contributed by atoms with Gasteiger partial charge < -0.3 is 10.6 Å². The fourth-order valence-corrected chi connectivity index (χ4v) is 3.60. The van der Waals surface area contributed by atoms with Gasteiger partial charge >= 0.3 is 0 Å². The van der Waals surface area contributed by atoms with E-state index in [9.17, 15) is 9.59 Å². The Balaban J connectivity index is 0.00000341. The highest BCUT2D eigenvalue weighted by atomic mass is 127. The van der Waals surface area contributed by atoms with Crippen molar-refractivity contribution in [2.75, 3.05) is 26.7 Å². The molecule has 8 nitrogen and oxygen atoms in total. The van der Waals surface area contributed by atoms with Crippen LogP contribution in [0.4, 0.5) is 0 Å². The van der Waals surface area contributed by atoms with Crippen LogP contribution in [0.5, 0.6) is 0 Å². The van der Waals surface area contributed by atoms with Crippen molar-refractivity contribution in [3.8, 4) is 0 Å². The van der Waals surface area contributed by atoms with Gasteiger partial charge in [0.2, 0.25) is 0 Å². The predicted octanol–water partition coefficient (Wildman–Crippen LogP) is 2.75. The number of nitrogens with zero attached hydrogens (tertiary/aromatic N) is 4. The van der Waals surface area contributed by atoms with Crippen LogP contribution in [0.15, 0.2) is 35.3 Å². The van der Waals surface area contributed by atoms with Gasteiger partial charge in [-0.15, -0.1) is 24.0 Å². The van der Waals surface area contributed by atoms with Crippen LogP contribution in [-0.2, 0) is 6.54 Å². The van der Waals surface area contributed by atoms with E-state index in [2.05, 4.69) is 33.7 Å². The highest BCUT2D eigenvalue weighted by molar-refractivity contribution is 14.0. The van der Waals surface area contributed by atoms with Crippen molar-refractivity contribution in [3.05, 3.63) is 52.8 Å². The third-order valence-electron chi connectivity index (χ3n) is 5.15. The molecule has 0 saturated carbocycles. The van der Waals surface area contributed by atoms with Gasteiger partial charge in [-0.3, -0.25) is 24.2 Å². The molecule has 2 amide bonds. The van der Waals surface area contributed by atoms with Crippen molar-refractivity contribution in [2.45, 2.75) is 39.7 Å². The molecule has 31 heavy (non-hydrogen) atoms. The zero-order valence-corrected chi connectivity index (χ0v) is 20.7. The van der Waals surface area contributed by atoms with Gasteiger partial charge in [0.25, 0.3) is 11.8 Å². The van der Waals surface area contributed by atoms with Gasteiger partial charge in [0.1, 0.15) is 0 Å². The van der Waals surface area contributed by atoms with Crippen LogP contribution in [0.1, 0.15) is 51.4 Å². The first-order valence-corrected chi connectivity index (χ1v) is 10.4. The minimum absolute atomic E-state index is 0. The van der Waals surface area contributed by atoms with Gasteiger partial charge in [0.05, 0.1) is 16.8 Å². The molecule has 2 N–H and O–H groups in total. The molecule has 2 heterocycles. The summed E-state index contributed by atoms with van der Waals surface area (Å²) < 4.78 is 2.02. The Hall–Kier alpha value is -2.43. The summed E-state index contributed by atoms with van der Waals surface area (Å²) in [7, 11) is 1.75. The standard InChI is InChI=1S/C22H30N6O2.HI/c1-16-15-17(2)28(26-16)14-8-12-25-22(23-3)24-11-6-7-13-27-20(29)18-9-4-5-10-19(18)21(27)30;/h4-5,9-10,15H,6-8,11-14H2,1-3H3,(H2,23,24,25);1H. The molecule has 0 bridgehead atoms. The number of hydrogen-bond acceptors (Lipinski definition) is 4. The number of benzene rings is 1. The smallest absolute Gasteiger partial charge is 0.261 e. The largest absolute Gasteiger partial charge is 0.356 e. The van der Waals surface area contributed by atoms with Crippen LogP contribution < -0.4 is 10.6 Å². The average Bonchev–Trinajstić information content (AvgIpc) is 3.19. The second kappa shape index (κ2) is 11.8. The van der Waals surface area contributed by atoms with E-state index in [0.29, 0.717) is 17.7 Å². The first-order chi connectivity index (χ1) is 14.5. The highest BCUT2D eigenvalue weighted by Gasteiger charge is 2.34. The summed E-state index contributed by atoms with van der Waals surface area (Å²) >= 11 is 0. The number of halogens is 1. The fraction of sp³-hybridized carbons (Fsp3) is 0.455. The van der Waals surface area contributed by atoms with Crippen LogP contribution in [0, 0.1) is 13.8 Å². The van der Waals surface area contributed by atoms with E-state index in [4.69, 9.17) is 0 Å². The number of aliphatic imine (C=N–C) groups is 1. The number of amides is 2. The predicted molar refractivity (Wildman–Crippen MR) is 132 cm³/mol. The number of aromatic nitrogens is 2. The van der Waals surface area contributed by atoms with E-state index < -0.39 is 0 Å². The molecule has 1 aliphatic rings. The highest BCUT2D eigenvalue weighted by Crippen LogP contribution is 2.22. The molecule has 0 saturated heterocycles. The lowest BCUT2D eigenvalue weighted by molar-refractivity contribution is 0.0652. The number of rotatable bonds is 9. The van der Waals surface area contributed by atoms with Gasteiger partial charge in [0.15, 0.2) is 5.96 Å². The van der Waals surface area contributed by atoms with Crippen molar-refractivity contribution < 1.29 is 9.59 Å². The summed E-state index contributed by atoms with van der Waals surface area (Å²) in [5.41, 5.74) is 3.23. The molecule has 0 fully saturated rings. The Morgan fingerprint density at radius 2 is 1.58 bits per heavy atom. The molecular weight excluding hydrogens is 507 g/mol. The van der Waals surface area contributed by atoms with Crippen LogP contribution >= 0.6 is 24.0 Å². The third kappa shape index (κ3) is 6.28. The van der Waals surface area contributed by atoms with Crippen molar-refractivity contribution in [2.24, 2.45) is 4.99 Å². The molecule has 0 aliphatic carbocycles. The molecule has 1 aliphatic heterocycles. The van der Waals surface area contributed by atoms with E-state index in [0.717, 1.165) is 50.6 Å². The lowest BCUT2D eigenvalue weighted by atomic mass is 10.1. The maximum atomic E-state index is 12.4. The first-order valence-electron chi connectivity index (χ1n) is 10.4. The molecule has 9 heteroatoms. The van der Waals surface area contributed by atoms with E-state index in [1.54, 1.807) is 31.3 Å². The Morgan fingerprint density at radius 3 is 2.13 bits per heavy atom. The maximum absolute atomic E-state index is 12.4. The number of fused-ring (bicyclic) bond motifs is 1. The number of aryl methyl sites for hydroxylation is 3. The number of nitrogens with one attached hydrogen (secondary N) is 2. The summed E-state index contributed by atoms with van der Waals surface area (Å²) in [4.78, 5) is 30.3. The van der Waals surface area contributed by atoms with Crippen molar-refractivity contribution in [3.63, 3.8) is 0 Å². The van der Waals surface area contributed by atoms with Crippen LogP contribution in [-0.4, -0.2) is 59.1 Å². The van der Waals surface area contributed by atoms with E-state index in [-0.39, 0.29) is 35.8 Å². The number of unbranched alkanes of at least 4 members (excludes halogenated alkanes) is 1. The SMILES string of the molecule is CN=C(NCCCCN1C(=O)c2ccccc2C1=O)NCCCn1nc(C)cc1C.I. The van der Waals surface area contributed by atoms with Gasteiger partial charge in [-0.2, -0.15) is 5.10 Å². The van der Waals surface area contributed by atoms with Crippen molar-refractivity contribution >= 4 is 41.8 Å². The monoisotopic (exact) mass is 538 g/mol. The summed E-state index contributed by atoms with van der Waals surface area (Å²) in [5.74, 6) is 0.372. The third-order valence-corrected chi connectivity index (χ3v) is 5.15. The Morgan fingerprint density at radius 1 is 0.968 bits per heavy atom. The molecular formula is C22H31IN6O2. The molecule has 1 aromatic carbocycles.